The molecule has 0 aromatic rings. The van der Waals surface area contributed by atoms with Crippen molar-refractivity contribution in [2.75, 3.05) is 0 Å². The number of hydrogen-bond acceptors (Lipinski definition) is 7. The molecule has 0 aliphatic rings. The summed E-state index contributed by atoms with van der Waals surface area (Å²) < 4.78 is 9.39. The molecule has 0 N–H and O–H groups in total. The van der Waals surface area contributed by atoms with Gasteiger partial charge in [0.05, 0.1) is 5.25 Å². The fourth-order valence-corrected chi connectivity index (χ4v) is 1.86. The normalized spacial score (nSPS) is 13.3. The van der Waals surface area contributed by atoms with Crippen molar-refractivity contribution in [1.29, 1.82) is 0 Å². The minimum absolute atomic E-state index is 0.0726. The number of rotatable bonds is 7. The van der Waals surface area contributed by atoms with Crippen LogP contribution in [0.4, 0.5) is 4.79 Å². The zero-order valence-corrected chi connectivity index (χ0v) is 12.2. The van der Waals surface area contributed by atoms with Gasteiger partial charge in [-0.2, -0.15) is 0 Å². The Labute approximate surface area is 116 Å². The Morgan fingerprint density at radius 2 is 1.58 bits per heavy atom. The molecule has 19 heavy (non-hydrogen) atoms. The number of ether oxygens (including phenoxy) is 2. The summed E-state index contributed by atoms with van der Waals surface area (Å²) in [4.78, 5) is 44.3. The van der Waals surface area contributed by atoms with Gasteiger partial charge < -0.3 is 14.3 Å². The molecule has 0 aliphatic carbocycles. The maximum atomic E-state index is 11.6. The molecule has 108 valence electrons. The highest BCUT2D eigenvalue weighted by Gasteiger charge is 2.21. The van der Waals surface area contributed by atoms with Gasteiger partial charge in [0.2, 0.25) is 6.29 Å². The molecule has 2 atom stereocenters. The number of carbonyl (C=O) groups excluding carboxylic acids is 4. The van der Waals surface area contributed by atoms with Crippen LogP contribution in [0.1, 0.15) is 40.5 Å². The average Bonchev–Trinajstić information content (AvgIpc) is 2.23. The van der Waals surface area contributed by atoms with E-state index in [-0.39, 0.29) is 24.4 Å². The van der Waals surface area contributed by atoms with Crippen molar-refractivity contribution < 1.29 is 28.7 Å². The van der Waals surface area contributed by atoms with Gasteiger partial charge in [-0.15, -0.1) is 0 Å². The van der Waals surface area contributed by atoms with Crippen molar-refractivity contribution in [2.24, 2.45) is 0 Å². The van der Waals surface area contributed by atoms with E-state index >= 15 is 0 Å². The van der Waals surface area contributed by atoms with Crippen molar-refractivity contribution in [3.05, 3.63) is 0 Å². The van der Waals surface area contributed by atoms with Crippen LogP contribution in [0.2, 0.25) is 0 Å². The molecule has 0 saturated heterocycles. The Morgan fingerprint density at radius 1 is 1.00 bits per heavy atom. The SMILES string of the molecule is CC(=O)CCC(=O)C(C)SC(=O)O[C@@H](C)OC(C)=O. The lowest BCUT2D eigenvalue weighted by atomic mass is 10.1. The van der Waals surface area contributed by atoms with Crippen molar-refractivity contribution >= 4 is 34.6 Å². The third-order valence-electron chi connectivity index (χ3n) is 2.04. The van der Waals surface area contributed by atoms with Crippen LogP contribution in [-0.4, -0.2) is 34.4 Å². The lowest BCUT2D eigenvalue weighted by Gasteiger charge is -2.14. The molecule has 1 unspecified atom stereocenters. The first kappa shape index (κ1) is 17.6. The van der Waals surface area contributed by atoms with Crippen LogP contribution in [0.15, 0.2) is 0 Å². The van der Waals surface area contributed by atoms with E-state index in [2.05, 4.69) is 4.74 Å². The number of thioether (sulfide) groups is 1. The Bertz CT molecular complexity index is 365. The molecule has 0 amide bonds. The zero-order valence-electron chi connectivity index (χ0n) is 11.4. The average molecular weight is 290 g/mol. The Morgan fingerprint density at radius 3 is 2.05 bits per heavy atom. The topological polar surface area (TPSA) is 86.7 Å². The van der Waals surface area contributed by atoms with Crippen LogP contribution in [0.25, 0.3) is 0 Å². The number of ketones is 2. The Hall–Kier alpha value is -1.37. The number of esters is 1. The monoisotopic (exact) mass is 290 g/mol. The lowest BCUT2D eigenvalue weighted by molar-refractivity contribution is -0.160. The van der Waals surface area contributed by atoms with Crippen LogP contribution in [0.3, 0.4) is 0 Å². The van der Waals surface area contributed by atoms with Gasteiger partial charge >= 0.3 is 11.3 Å². The number of Topliss-reactive ketones (excluding diaryl/α,β-unsaturated/α-hetero) is 2. The first-order chi connectivity index (χ1) is 8.72. The van der Waals surface area contributed by atoms with Crippen LogP contribution >= 0.6 is 11.8 Å². The molecule has 0 aromatic heterocycles. The fraction of sp³-hybridized carbons (Fsp3) is 0.667. The first-order valence-corrected chi connectivity index (χ1v) is 6.67. The van der Waals surface area contributed by atoms with Gasteiger partial charge in [-0.25, -0.2) is 4.79 Å². The summed E-state index contributed by atoms with van der Waals surface area (Å²) in [5.74, 6) is -0.829. The van der Waals surface area contributed by atoms with Crippen molar-refractivity contribution in [3.8, 4) is 0 Å². The van der Waals surface area contributed by atoms with Crippen molar-refractivity contribution in [1.82, 2.24) is 0 Å². The summed E-state index contributed by atoms with van der Waals surface area (Å²) >= 11 is 0.701. The minimum Gasteiger partial charge on any atom is -0.426 e. The molecular formula is C12H18O6S. The third kappa shape index (κ3) is 9.24. The standard InChI is InChI=1S/C12H18O6S/c1-7(13)5-6-11(15)8(2)19-12(16)18-10(4)17-9(3)14/h8,10H,5-6H2,1-4H3/t8?,10-/m0/s1. The maximum absolute atomic E-state index is 11.6. The molecule has 0 fully saturated rings. The quantitative estimate of drug-likeness (QED) is 0.524. The molecule has 0 bridgehead atoms. The van der Waals surface area contributed by atoms with E-state index in [0.29, 0.717) is 11.8 Å². The predicted molar refractivity (Wildman–Crippen MR) is 69.7 cm³/mol. The van der Waals surface area contributed by atoms with Crippen LogP contribution in [0.5, 0.6) is 0 Å². The summed E-state index contributed by atoms with van der Waals surface area (Å²) in [6.07, 6.45) is -0.712. The van der Waals surface area contributed by atoms with E-state index < -0.39 is 22.8 Å². The zero-order chi connectivity index (χ0) is 15.0. The van der Waals surface area contributed by atoms with Gasteiger partial charge in [0.15, 0.2) is 0 Å². The second-order valence-corrected chi connectivity index (χ2v) is 5.25. The van der Waals surface area contributed by atoms with Crippen LogP contribution in [0, 0.1) is 0 Å². The van der Waals surface area contributed by atoms with Gasteiger partial charge in [-0.05, 0) is 25.6 Å². The highest BCUT2D eigenvalue weighted by molar-refractivity contribution is 8.14. The highest BCUT2D eigenvalue weighted by atomic mass is 32.2. The summed E-state index contributed by atoms with van der Waals surface area (Å²) in [5, 5.41) is -1.30. The van der Waals surface area contributed by atoms with Crippen LogP contribution < -0.4 is 0 Å². The number of hydrogen-bond donors (Lipinski definition) is 0. The molecular weight excluding hydrogens is 272 g/mol. The van der Waals surface area contributed by atoms with E-state index in [0.717, 1.165) is 0 Å². The Kier molecular flexibility index (Phi) is 8.06. The molecule has 0 saturated carbocycles. The third-order valence-corrected chi connectivity index (χ3v) is 2.95. The van der Waals surface area contributed by atoms with Gasteiger partial charge in [-0.1, -0.05) is 0 Å². The summed E-state index contributed by atoms with van der Waals surface area (Å²) in [6, 6.07) is 0. The smallest absolute Gasteiger partial charge is 0.371 e. The molecule has 0 radical (unpaired) electrons. The minimum atomic E-state index is -0.989. The number of carbonyl (C=O) groups is 4. The predicted octanol–water partition coefficient (Wildman–Crippen LogP) is 2.09. The fourth-order valence-electron chi connectivity index (χ4n) is 1.13. The molecule has 0 rings (SSSR count). The van der Waals surface area contributed by atoms with E-state index in [1.54, 1.807) is 6.92 Å². The van der Waals surface area contributed by atoms with E-state index in [1.807, 2.05) is 0 Å². The largest absolute Gasteiger partial charge is 0.426 e. The van der Waals surface area contributed by atoms with E-state index in [9.17, 15) is 19.2 Å². The maximum Gasteiger partial charge on any atom is 0.371 e. The van der Waals surface area contributed by atoms with Crippen molar-refractivity contribution in [2.45, 2.75) is 52.1 Å². The van der Waals surface area contributed by atoms with Gasteiger partial charge in [0.1, 0.15) is 11.6 Å². The van der Waals surface area contributed by atoms with Crippen LogP contribution in [-0.2, 0) is 23.9 Å². The molecule has 0 spiro atoms. The molecule has 0 aromatic carbocycles. The second-order valence-electron chi connectivity index (χ2n) is 3.97. The lowest BCUT2D eigenvalue weighted by Crippen LogP contribution is -2.21. The summed E-state index contributed by atoms with van der Waals surface area (Å²) in [5.41, 5.74) is 0. The van der Waals surface area contributed by atoms with E-state index in [1.165, 1.54) is 20.8 Å². The van der Waals surface area contributed by atoms with Gasteiger partial charge in [0, 0.05) is 26.7 Å². The van der Waals surface area contributed by atoms with E-state index in [4.69, 9.17) is 4.74 Å². The first-order valence-electron chi connectivity index (χ1n) is 5.79. The molecule has 0 aliphatic heterocycles. The summed E-state index contributed by atoms with van der Waals surface area (Å²) in [6.45, 7) is 5.57. The molecule has 0 heterocycles. The van der Waals surface area contributed by atoms with Gasteiger partial charge in [0.25, 0.3) is 0 Å². The summed E-state index contributed by atoms with van der Waals surface area (Å²) in [7, 11) is 0. The Balaban J connectivity index is 4.07. The van der Waals surface area contributed by atoms with Crippen molar-refractivity contribution in [3.63, 3.8) is 0 Å². The highest BCUT2D eigenvalue weighted by Crippen LogP contribution is 2.18. The van der Waals surface area contributed by atoms with Gasteiger partial charge in [-0.3, -0.25) is 9.59 Å². The second kappa shape index (κ2) is 8.68. The molecule has 7 heteroatoms. The molecule has 6 nitrogen and oxygen atoms in total.